The predicted octanol–water partition coefficient (Wildman–Crippen LogP) is 3.01. The summed E-state index contributed by atoms with van der Waals surface area (Å²) in [6.45, 7) is 4.49. The Kier molecular flexibility index (Phi) is 5.59. The summed E-state index contributed by atoms with van der Waals surface area (Å²) in [7, 11) is 1.62. The van der Waals surface area contributed by atoms with Gasteiger partial charge in [-0.1, -0.05) is 18.2 Å². The van der Waals surface area contributed by atoms with E-state index in [1.807, 2.05) is 42.5 Å². The number of anilines is 1. The van der Waals surface area contributed by atoms with Crippen LogP contribution in [0, 0.1) is 6.92 Å². The molecule has 2 N–H and O–H groups in total. The zero-order chi connectivity index (χ0) is 19.5. The number of aromatic nitrogens is 1. The van der Waals surface area contributed by atoms with E-state index in [0.717, 1.165) is 42.7 Å². The SMILES string of the molecule is COc1ccc(C)cc1NC(=O)C[NH+]1CCC(c2nc3ccccc3s2)CC1. The highest BCUT2D eigenvalue weighted by molar-refractivity contribution is 7.18. The van der Waals surface area contributed by atoms with E-state index < -0.39 is 0 Å². The number of fused-ring (bicyclic) bond motifs is 1. The number of methoxy groups -OCH3 is 1. The minimum absolute atomic E-state index is 0.0392. The molecule has 0 aliphatic carbocycles. The monoisotopic (exact) mass is 396 g/mol. The summed E-state index contributed by atoms with van der Waals surface area (Å²) in [6.07, 6.45) is 2.16. The molecule has 0 unspecified atom stereocenters. The molecule has 4 rings (SSSR count). The van der Waals surface area contributed by atoms with E-state index >= 15 is 0 Å². The second-order valence-electron chi connectivity index (χ2n) is 7.47. The molecule has 0 radical (unpaired) electrons. The van der Waals surface area contributed by atoms with Crippen LogP contribution in [0.25, 0.3) is 10.2 Å². The fourth-order valence-corrected chi connectivity index (χ4v) is 4.99. The number of aryl methyl sites for hydroxylation is 1. The van der Waals surface area contributed by atoms with Crippen molar-refractivity contribution in [2.75, 3.05) is 32.1 Å². The van der Waals surface area contributed by atoms with Crippen LogP contribution in [0.15, 0.2) is 42.5 Å². The van der Waals surface area contributed by atoms with Gasteiger partial charge in [-0.2, -0.15) is 0 Å². The van der Waals surface area contributed by atoms with Crippen molar-refractivity contribution in [1.29, 1.82) is 0 Å². The van der Waals surface area contributed by atoms with Gasteiger partial charge in [-0.25, -0.2) is 4.98 Å². The molecule has 1 amide bonds. The number of thiazole rings is 1. The minimum Gasteiger partial charge on any atom is -0.495 e. The van der Waals surface area contributed by atoms with Crippen LogP contribution in [-0.2, 0) is 4.79 Å². The quantitative estimate of drug-likeness (QED) is 0.697. The van der Waals surface area contributed by atoms with Crippen LogP contribution in [0.3, 0.4) is 0 Å². The summed E-state index contributed by atoms with van der Waals surface area (Å²) in [5, 5.41) is 4.26. The van der Waals surface area contributed by atoms with Crippen molar-refractivity contribution in [2.45, 2.75) is 25.7 Å². The van der Waals surface area contributed by atoms with E-state index in [1.165, 1.54) is 14.6 Å². The molecule has 2 heterocycles. The molecule has 146 valence electrons. The normalized spacial score (nSPS) is 19.5. The zero-order valence-electron chi connectivity index (χ0n) is 16.3. The molecule has 1 saturated heterocycles. The molecule has 1 aromatic heterocycles. The van der Waals surface area contributed by atoms with Crippen LogP contribution in [0.1, 0.15) is 29.3 Å². The maximum absolute atomic E-state index is 12.5. The van der Waals surface area contributed by atoms with E-state index in [2.05, 4.69) is 23.5 Å². The first kappa shape index (κ1) is 18.9. The first-order chi connectivity index (χ1) is 13.6. The highest BCUT2D eigenvalue weighted by Gasteiger charge is 2.27. The lowest BCUT2D eigenvalue weighted by atomic mass is 9.97. The lowest BCUT2D eigenvalue weighted by Crippen LogP contribution is -3.14. The number of benzene rings is 2. The van der Waals surface area contributed by atoms with Crippen molar-refractivity contribution in [3.05, 3.63) is 53.0 Å². The number of amides is 1. The first-order valence-electron chi connectivity index (χ1n) is 9.76. The van der Waals surface area contributed by atoms with E-state index in [0.29, 0.717) is 18.2 Å². The highest BCUT2D eigenvalue weighted by atomic mass is 32.1. The third-order valence-corrected chi connectivity index (χ3v) is 6.59. The van der Waals surface area contributed by atoms with Crippen molar-refractivity contribution < 1.29 is 14.4 Å². The van der Waals surface area contributed by atoms with Crippen LogP contribution in [0.5, 0.6) is 5.75 Å². The van der Waals surface area contributed by atoms with Gasteiger partial charge < -0.3 is 15.0 Å². The molecule has 3 aromatic rings. The largest absolute Gasteiger partial charge is 0.495 e. The number of ether oxygens (including phenoxy) is 1. The van der Waals surface area contributed by atoms with Gasteiger partial charge in [-0.05, 0) is 36.8 Å². The first-order valence-corrected chi connectivity index (χ1v) is 10.6. The lowest BCUT2D eigenvalue weighted by Gasteiger charge is -2.27. The number of nitrogens with zero attached hydrogens (tertiary/aromatic N) is 1. The van der Waals surface area contributed by atoms with Crippen LogP contribution in [0.2, 0.25) is 0 Å². The van der Waals surface area contributed by atoms with E-state index in [4.69, 9.17) is 9.72 Å². The van der Waals surface area contributed by atoms with Gasteiger partial charge in [-0.3, -0.25) is 4.79 Å². The van der Waals surface area contributed by atoms with Crippen LogP contribution in [0.4, 0.5) is 5.69 Å². The molecule has 0 bridgehead atoms. The summed E-state index contributed by atoms with van der Waals surface area (Å²) in [5.41, 5.74) is 2.94. The van der Waals surface area contributed by atoms with Gasteiger partial charge >= 0.3 is 0 Å². The van der Waals surface area contributed by atoms with Crippen molar-refractivity contribution in [2.24, 2.45) is 0 Å². The molecular formula is C22H26N3O2S+. The second kappa shape index (κ2) is 8.29. The number of nitrogens with one attached hydrogen (secondary N) is 2. The number of carbonyl (C=O) groups excluding carboxylic acids is 1. The average molecular weight is 397 g/mol. The van der Waals surface area contributed by atoms with Crippen LogP contribution in [-0.4, -0.2) is 37.6 Å². The lowest BCUT2D eigenvalue weighted by molar-refractivity contribution is -0.897. The van der Waals surface area contributed by atoms with Gasteiger partial charge in [0.1, 0.15) is 5.75 Å². The summed E-state index contributed by atoms with van der Waals surface area (Å²) in [6, 6.07) is 14.2. The fourth-order valence-electron chi connectivity index (χ4n) is 3.86. The Labute approximate surface area is 169 Å². The molecule has 5 nitrogen and oxygen atoms in total. The minimum atomic E-state index is 0.0392. The zero-order valence-corrected chi connectivity index (χ0v) is 17.1. The smallest absolute Gasteiger partial charge is 0.279 e. The maximum atomic E-state index is 12.5. The summed E-state index contributed by atoms with van der Waals surface area (Å²) >= 11 is 1.81. The van der Waals surface area contributed by atoms with Gasteiger partial charge in [0.2, 0.25) is 0 Å². The van der Waals surface area contributed by atoms with Gasteiger partial charge in [0.25, 0.3) is 5.91 Å². The molecule has 0 spiro atoms. The third-order valence-electron chi connectivity index (χ3n) is 5.39. The fraction of sp³-hybridized carbons (Fsp3) is 0.364. The maximum Gasteiger partial charge on any atom is 0.279 e. The molecule has 1 aliphatic heterocycles. The molecule has 0 saturated carbocycles. The molecule has 1 fully saturated rings. The number of hydrogen-bond acceptors (Lipinski definition) is 4. The van der Waals surface area contributed by atoms with Gasteiger partial charge in [0.15, 0.2) is 6.54 Å². The number of rotatable bonds is 5. The van der Waals surface area contributed by atoms with E-state index in [1.54, 1.807) is 7.11 Å². The summed E-state index contributed by atoms with van der Waals surface area (Å²) < 4.78 is 6.61. The average Bonchev–Trinajstić information content (AvgIpc) is 3.13. The summed E-state index contributed by atoms with van der Waals surface area (Å²) in [5.74, 6) is 1.25. The van der Waals surface area contributed by atoms with Crippen molar-refractivity contribution in [1.82, 2.24) is 4.98 Å². The number of quaternary nitrogens is 1. The highest BCUT2D eigenvalue weighted by Crippen LogP contribution is 2.31. The standard InChI is InChI=1S/C22H25N3O2S/c1-15-7-8-19(27-2)18(13-15)23-21(26)14-25-11-9-16(10-12-25)22-24-17-5-3-4-6-20(17)28-22/h3-8,13,16H,9-12,14H2,1-2H3,(H,23,26)/p+1. The number of para-hydroxylation sites is 1. The van der Waals surface area contributed by atoms with Crippen molar-refractivity contribution in [3.63, 3.8) is 0 Å². The topological polar surface area (TPSA) is 55.7 Å². The second-order valence-corrected chi connectivity index (χ2v) is 8.54. The Morgan fingerprint density at radius 3 is 2.79 bits per heavy atom. The van der Waals surface area contributed by atoms with Crippen molar-refractivity contribution >= 4 is 33.1 Å². The molecule has 0 atom stereocenters. The van der Waals surface area contributed by atoms with E-state index in [-0.39, 0.29) is 5.91 Å². The van der Waals surface area contributed by atoms with Gasteiger partial charge in [-0.15, -0.1) is 11.3 Å². The van der Waals surface area contributed by atoms with Crippen LogP contribution < -0.4 is 15.0 Å². The number of piperidine rings is 1. The van der Waals surface area contributed by atoms with E-state index in [9.17, 15) is 4.79 Å². The Balaban J connectivity index is 1.33. The molecular weight excluding hydrogens is 370 g/mol. The van der Waals surface area contributed by atoms with Crippen molar-refractivity contribution in [3.8, 4) is 5.75 Å². The number of carbonyl (C=O) groups is 1. The molecule has 6 heteroatoms. The Morgan fingerprint density at radius 2 is 2.04 bits per heavy atom. The Morgan fingerprint density at radius 1 is 1.25 bits per heavy atom. The summed E-state index contributed by atoms with van der Waals surface area (Å²) in [4.78, 5) is 18.7. The molecule has 28 heavy (non-hydrogen) atoms. The van der Waals surface area contributed by atoms with Gasteiger partial charge in [0.05, 0.1) is 41.1 Å². The Hall–Kier alpha value is -2.44. The molecule has 2 aromatic carbocycles. The predicted molar refractivity (Wildman–Crippen MR) is 114 cm³/mol. The third kappa shape index (κ3) is 4.18. The Bertz CT molecular complexity index is 944. The number of likely N-dealkylation sites (tertiary alicyclic amines) is 1. The van der Waals surface area contributed by atoms with Crippen LogP contribution >= 0.6 is 11.3 Å². The number of hydrogen-bond donors (Lipinski definition) is 2. The molecule has 1 aliphatic rings. The van der Waals surface area contributed by atoms with Gasteiger partial charge in [0, 0.05) is 18.8 Å².